The standard InChI is InChI=1S/C17H16O3/c1-20-17(19)15-10-8-14(9-11-15)16(18)12-7-13-5-3-2-4-6-13/h2-6,8-11H,7,12H2,1H3. The summed E-state index contributed by atoms with van der Waals surface area (Å²) in [6.07, 6.45) is 1.18. The summed E-state index contributed by atoms with van der Waals surface area (Å²) in [6, 6.07) is 16.5. The normalized spacial score (nSPS) is 10.1. The van der Waals surface area contributed by atoms with Gasteiger partial charge in [0.15, 0.2) is 5.78 Å². The van der Waals surface area contributed by atoms with E-state index in [0.717, 1.165) is 12.0 Å². The molecule has 0 fully saturated rings. The summed E-state index contributed by atoms with van der Waals surface area (Å²) in [4.78, 5) is 23.4. The van der Waals surface area contributed by atoms with Crippen LogP contribution in [0.2, 0.25) is 0 Å². The van der Waals surface area contributed by atoms with E-state index in [1.807, 2.05) is 30.3 Å². The average Bonchev–Trinajstić information content (AvgIpc) is 2.53. The van der Waals surface area contributed by atoms with Crippen LogP contribution in [-0.4, -0.2) is 18.9 Å². The lowest BCUT2D eigenvalue weighted by Gasteiger charge is -2.03. The molecule has 0 radical (unpaired) electrons. The van der Waals surface area contributed by atoms with E-state index in [0.29, 0.717) is 17.5 Å². The minimum Gasteiger partial charge on any atom is -0.465 e. The summed E-state index contributed by atoms with van der Waals surface area (Å²) in [7, 11) is 1.33. The van der Waals surface area contributed by atoms with Crippen LogP contribution in [0.5, 0.6) is 0 Å². The summed E-state index contributed by atoms with van der Waals surface area (Å²) >= 11 is 0. The van der Waals surface area contributed by atoms with Gasteiger partial charge in [-0.3, -0.25) is 4.79 Å². The Morgan fingerprint density at radius 3 is 2.10 bits per heavy atom. The van der Waals surface area contributed by atoms with E-state index in [9.17, 15) is 9.59 Å². The Balaban J connectivity index is 1.97. The van der Waals surface area contributed by atoms with Gasteiger partial charge in [0.2, 0.25) is 0 Å². The van der Waals surface area contributed by atoms with Crippen LogP contribution in [0.25, 0.3) is 0 Å². The predicted octanol–water partition coefficient (Wildman–Crippen LogP) is 3.29. The molecule has 0 atom stereocenters. The van der Waals surface area contributed by atoms with Crippen molar-refractivity contribution < 1.29 is 14.3 Å². The molecule has 2 rings (SSSR count). The molecule has 0 unspecified atom stereocenters. The van der Waals surface area contributed by atoms with Crippen LogP contribution < -0.4 is 0 Å². The number of rotatable bonds is 5. The number of ketones is 1. The second kappa shape index (κ2) is 6.66. The van der Waals surface area contributed by atoms with Crippen LogP contribution in [0.4, 0.5) is 0 Å². The molecular weight excluding hydrogens is 252 g/mol. The van der Waals surface area contributed by atoms with E-state index in [2.05, 4.69) is 4.74 Å². The lowest BCUT2D eigenvalue weighted by Crippen LogP contribution is -2.04. The molecule has 0 aliphatic rings. The fourth-order valence-corrected chi connectivity index (χ4v) is 1.96. The zero-order valence-corrected chi connectivity index (χ0v) is 11.3. The number of carbonyl (C=O) groups excluding carboxylic acids is 2. The first kappa shape index (κ1) is 14.0. The van der Waals surface area contributed by atoms with Gasteiger partial charge in [-0.15, -0.1) is 0 Å². The SMILES string of the molecule is COC(=O)c1ccc(C(=O)CCc2ccccc2)cc1. The van der Waals surface area contributed by atoms with Crippen LogP contribution in [0.1, 0.15) is 32.7 Å². The third kappa shape index (κ3) is 3.54. The van der Waals surface area contributed by atoms with Crippen molar-refractivity contribution in [3.05, 3.63) is 71.3 Å². The first-order valence-corrected chi connectivity index (χ1v) is 6.46. The van der Waals surface area contributed by atoms with Gasteiger partial charge in [0.25, 0.3) is 0 Å². The molecule has 0 saturated heterocycles. The van der Waals surface area contributed by atoms with Gasteiger partial charge in [-0.2, -0.15) is 0 Å². The van der Waals surface area contributed by atoms with Gasteiger partial charge < -0.3 is 4.74 Å². The van der Waals surface area contributed by atoms with Crippen molar-refractivity contribution in [3.63, 3.8) is 0 Å². The van der Waals surface area contributed by atoms with Gasteiger partial charge in [-0.05, 0) is 24.1 Å². The molecule has 0 bridgehead atoms. The second-order valence-corrected chi connectivity index (χ2v) is 4.48. The van der Waals surface area contributed by atoms with Crippen molar-refractivity contribution in [2.24, 2.45) is 0 Å². The molecule has 20 heavy (non-hydrogen) atoms. The number of Topliss-reactive ketones (excluding diaryl/α,β-unsaturated/α-hetero) is 1. The quantitative estimate of drug-likeness (QED) is 0.617. The number of hydrogen-bond acceptors (Lipinski definition) is 3. The topological polar surface area (TPSA) is 43.4 Å². The first-order valence-electron chi connectivity index (χ1n) is 6.46. The van der Waals surface area contributed by atoms with E-state index < -0.39 is 5.97 Å². The van der Waals surface area contributed by atoms with E-state index in [1.54, 1.807) is 24.3 Å². The summed E-state index contributed by atoms with van der Waals surface area (Å²) in [5, 5.41) is 0. The Morgan fingerprint density at radius 1 is 0.900 bits per heavy atom. The Kier molecular flexibility index (Phi) is 4.66. The van der Waals surface area contributed by atoms with E-state index in [-0.39, 0.29) is 5.78 Å². The highest BCUT2D eigenvalue weighted by molar-refractivity contribution is 5.97. The molecular formula is C17H16O3. The predicted molar refractivity (Wildman–Crippen MR) is 76.9 cm³/mol. The lowest BCUT2D eigenvalue weighted by atomic mass is 10.0. The number of benzene rings is 2. The largest absolute Gasteiger partial charge is 0.465 e. The van der Waals surface area contributed by atoms with Crippen molar-refractivity contribution in [3.8, 4) is 0 Å². The van der Waals surface area contributed by atoms with Gasteiger partial charge in [0.1, 0.15) is 0 Å². The fourth-order valence-electron chi connectivity index (χ4n) is 1.96. The van der Waals surface area contributed by atoms with Gasteiger partial charge in [0, 0.05) is 12.0 Å². The highest BCUT2D eigenvalue weighted by Crippen LogP contribution is 2.10. The maximum absolute atomic E-state index is 12.1. The van der Waals surface area contributed by atoms with E-state index >= 15 is 0 Å². The molecule has 102 valence electrons. The average molecular weight is 268 g/mol. The number of hydrogen-bond donors (Lipinski definition) is 0. The van der Waals surface area contributed by atoms with Gasteiger partial charge in [-0.1, -0.05) is 42.5 Å². The minimum absolute atomic E-state index is 0.0743. The number of carbonyl (C=O) groups is 2. The summed E-state index contributed by atoms with van der Waals surface area (Å²) in [5.74, 6) is -0.321. The van der Waals surface area contributed by atoms with Gasteiger partial charge in [0.05, 0.1) is 12.7 Å². The van der Waals surface area contributed by atoms with Crippen LogP contribution in [-0.2, 0) is 11.2 Å². The van der Waals surface area contributed by atoms with Crippen molar-refractivity contribution in [2.75, 3.05) is 7.11 Å². The van der Waals surface area contributed by atoms with Crippen molar-refractivity contribution in [1.29, 1.82) is 0 Å². The monoisotopic (exact) mass is 268 g/mol. The van der Waals surface area contributed by atoms with Crippen molar-refractivity contribution in [1.82, 2.24) is 0 Å². The Hall–Kier alpha value is -2.42. The van der Waals surface area contributed by atoms with Crippen LogP contribution in [0.3, 0.4) is 0 Å². The van der Waals surface area contributed by atoms with Crippen LogP contribution >= 0.6 is 0 Å². The molecule has 0 aromatic heterocycles. The summed E-state index contributed by atoms with van der Waals surface area (Å²) < 4.78 is 4.62. The Labute approximate surface area is 118 Å². The van der Waals surface area contributed by atoms with Gasteiger partial charge in [-0.25, -0.2) is 4.79 Å². The van der Waals surface area contributed by atoms with Crippen LogP contribution in [0, 0.1) is 0 Å². The highest BCUT2D eigenvalue weighted by atomic mass is 16.5. The van der Waals surface area contributed by atoms with Gasteiger partial charge >= 0.3 is 5.97 Å². The lowest BCUT2D eigenvalue weighted by molar-refractivity contribution is 0.0600. The fraction of sp³-hybridized carbons (Fsp3) is 0.176. The smallest absolute Gasteiger partial charge is 0.337 e. The molecule has 3 heteroatoms. The van der Waals surface area contributed by atoms with E-state index in [1.165, 1.54) is 7.11 Å². The molecule has 0 N–H and O–H groups in total. The van der Waals surface area contributed by atoms with E-state index in [4.69, 9.17) is 0 Å². The number of methoxy groups -OCH3 is 1. The summed E-state index contributed by atoms with van der Waals surface area (Å²) in [5.41, 5.74) is 2.22. The zero-order valence-electron chi connectivity index (χ0n) is 11.3. The molecule has 0 spiro atoms. The Bertz CT molecular complexity index is 585. The third-order valence-corrected chi connectivity index (χ3v) is 3.11. The second-order valence-electron chi connectivity index (χ2n) is 4.48. The number of ether oxygens (including phenoxy) is 1. The van der Waals surface area contributed by atoms with Crippen molar-refractivity contribution >= 4 is 11.8 Å². The molecule has 0 saturated carbocycles. The first-order chi connectivity index (χ1) is 9.70. The molecule has 2 aromatic carbocycles. The molecule has 2 aromatic rings. The highest BCUT2D eigenvalue weighted by Gasteiger charge is 2.09. The third-order valence-electron chi connectivity index (χ3n) is 3.11. The number of esters is 1. The minimum atomic E-state index is -0.395. The Morgan fingerprint density at radius 2 is 1.50 bits per heavy atom. The molecule has 0 heterocycles. The maximum Gasteiger partial charge on any atom is 0.337 e. The molecule has 0 amide bonds. The van der Waals surface area contributed by atoms with Crippen molar-refractivity contribution in [2.45, 2.75) is 12.8 Å². The molecule has 0 aliphatic heterocycles. The number of aryl methyl sites for hydroxylation is 1. The molecule has 0 aliphatic carbocycles. The summed E-state index contributed by atoms with van der Waals surface area (Å²) in [6.45, 7) is 0. The zero-order chi connectivity index (χ0) is 14.4. The van der Waals surface area contributed by atoms with Crippen LogP contribution in [0.15, 0.2) is 54.6 Å². The maximum atomic E-state index is 12.1. The molecule has 3 nitrogen and oxygen atoms in total.